The molecule has 0 saturated carbocycles. The lowest BCUT2D eigenvalue weighted by Gasteiger charge is -2.44. The first-order chi connectivity index (χ1) is 17.2. The van der Waals surface area contributed by atoms with E-state index in [0.717, 1.165) is 36.9 Å². The monoisotopic (exact) mass is 489 g/mol. The number of aromatic carboxylic acids is 1. The highest BCUT2D eigenvalue weighted by Crippen LogP contribution is 2.40. The number of nitrogens with zero attached hydrogens (tertiary/aromatic N) is 1. The number of carboxylic acid groups (broad SMARTS) is 1. The van der Waals surface area contributed by atoms with Crippen molar-refractivity contribution in [2.75, 3.05) is 29.9 Å². The van der Waals surface area contributed by atoms with Gasteiger partial charge in [-0.2, -0.15) is 0 Å². The summed E-state index contributed by atoms with van der Waals surface area (Å²) >= 11 is 0. The van der Waals surface area contributed by atoms with Crippen molar-refractivity contribution in [1.29, 1.82) is 0 Å². The van der Waals surface area contributed by atoms with Gasteiger partial charge in [0.2, 0.25) is 5.91 Å². The smallest absolute Gasteiger partial charge is 0.337 e. The molecule has 2 atom stereocenters. The summed E-state index contributed by atoms with van der Waals surface area (Å²) in [5, 5.41) is 16.3. The lowest BCUT2D eigenvalue weighted by atomic mass is 9.72. The van der Waals surface area contributed by atoms with Crippen molar-refractivity contribution in [3.05, 3.63) is 69.4 Å². The summed E-state index contributed by atoms with van der Waals surface area (Å²) in [5.74, 6) is -0.410. The van der Waals surface area contributed by atoms with E-state index in [2.05, 4.69) is 15.5 Å². The number of aryl methyl sites for hydroxylation is 1. The summed E-state index contributed by atoms with van der Waals surface area (Å²) in [5.41, 5.74) is 2.67. The molecule has 5 rings (SSSR count). The predicted molar refractivity (Wildman–Crippen MR) is 139 cm³/mol. The number of nitrogens with one attached hydrogen (secondary N) is 2. The minimum atomic E-state index is -1.01. The molecule has 36 heavy (non-hydrogen) atoms. The number of para-hydroxylation sites is 1. The molecule has 1 spiro atoms. The van der Waals surface area contributed by atoms with E-state index in [9.17, 15) is 19.5 Å². The molecule has 0 radical (unpaired) electrons. The highest BCUT2D eigenvalue weighted by molar-refractivity contribution is 5.94. The number of carbonyl (C=O) groups excluding carboxylic acids is 1. The van der Waals surface area contributed by atoms with E-state index in [4.69, 9.17) is 4.42 Å². The second kappa shape index (κ2) is 9.33. The fourth-order valence-corrected chi connectivity index (χ4v) is 5.71. The minimum absolute atomic E-state index is 0.0855. The van der Waals surface area contributed by atoms with Gasteiger partial charge in [-0.3, -0.25) is 9.59 Å². The number of carboxylic acids is 1. The summed E-state index contributed by atoms with van der Waals surface area (Å²) in [6.45, 7) is 5.97. The first-order valence-electron chi connectivity index (χ1n) is 12.4. The SMILES string of the molecule is Cc1cc(C(C)Nc2ccccc2C(=O)O)c2oc(N3CCC[C@@]4(CCNC(=O)C4)C3)cc(=O)c2c1. The molecule has 3 aromatic rings. The first kappa shape index (κ1) is 23.9. The highest BCUT2D eigenvalue weighted by Gasteiger charge is 2.40. The number of hydrogen-bond donors (Lipinski definition) is 3. The van der Waals surface area contributed by atoms with Crippen LogP contribution in [0.15, 0.2) is 51.7 Å². The van der Waals surface area contributed by atoms with E-state index in [1.165, 1.54) is 0 Å². The normalized spacial score (nSPS) is 20.8. The van der Waals surface area contributed by atoms with Crippen molar-refractivity contribution in [2.24, 2.45) is 5.41 Å². The average molecular weight is 490 g/mol. The molecule has 0 bridgehead atoms. The molecule has 1 unspecified atom stereocenters. The molecular weight excluding hydrogens is 458 g/mol. The largest absolute Gasteiger partial charge is 0.478 e. The van der Waals surface area contributed by atoms with E-state index in [1.807, 2.05) is 26.0 Å². The fourth-order valence-electron chi connectivity index (χ4n) is 5.71. The third-order valence-electron chi connectivity index (χ3n) is 7.47. The van der Waals surface area contributed by atoms with Gasteiger partial charge in [-0.15, -0.1) is 0 Å². The zero-order valence-electron chi connectivity index (χ0n) is 20.6. The fraction of sp³-hybridized carbons (Fsp3) is 0.393. The van der Waals surface area contributed by atoms with E-state index in [1.54, 1.807) is 30.3 Å². The molecule has 2 aromatic carbocycles. The Morgan fingerprint density at radius 1 is 1.19 bits per heavy atom. The number of hydrogen-bond acceptors (Lipinski definition) is 6. The molecule has 2 aliphatic heterocycles. The van der Waals surface area contributed by atoms with Gasteiger partial charge in [-0.25, -0.2) is 4.79 Å². The van der Waals surface area contributed by atoms with E-state index < -0.39 is 5.97 Å². The first-order valence-corrected chi connectivity index (χ1v) is 12.4. The Kier molecular flexibility index (Phi) is 6.20. The summed E-state index contributed by atoms with van der Waals surface area (Å²) in [6.07, 6.45) is 3.33. The topological polar surface area (TPSA) is 112 Å². The van der Waals surface area contributed by atoms with Gasteiger partial charge in [0.1, 0.15) is 5.58 Å². The van der Waals surface area contributed by atoms with Crippen LogP contribution in [0, 0.1) is 12.3 Å². The molecule has 3 N–H and O–H groups in total. The molecule has 8 nitrogen and oxygen atoms in total. The van der Waals surface area contributed by atoms with Crippen LogP contribution < -0.4 is 21.0 Å². The van der Waals surface area contributed by atoms with Gasteiger partial charge in [0, 0.05) is 43.4 Å². The van der Waals surface area contributed by atoms with Crippen LogP contribution in [-0.4, -0.2) is 36.6 Å². The van der Waals surface area contributed by atoms with Crippen molar-refractivity contribution in [2.45, 2.75) is 45.6 Å². The lowest BCUT2D eigenvalue weighted by Crippen LogP contribution is -2.50. The van der Waals surface area contributed by atoms with Crippen molar-refractivity contribution < 1.29 is 19.1 Å². The molecule has 8 heteroatoms. The zero-order valence-corrected chi connectivity index (χ0v) is 20.6. The Morgan fingerprint density at radius 3 is 2.78 bits per heavy atom. The van der Waals surface area contributed by atoms with Crippen molar-refractivity contribution in [1.82, 2.24) is 5.32 Å². The third-order valence-corrected chi connectivity index (χ3v) is 7.47. The number of benzene rings is 2. The second-order valence-electron chi connectivity index (χ2n) is 10.2. The van der Waals surface area contributed by atoms with Crippen molar-refractivity contribution >= 4 is 34.4 Å². The molecule has 2 fully saturated rings. The van der Waals surface area contributed by atoms with Gasteiger partial charge < -0.3 is 25.1 Å². The average Bonchev–Trinajstić information content (AvgIpc) is 2.84. The minimum Gasteiger partial charge on any atom is -0.478 e. The van der Waals surface area contributed by atoms with Crippen LogP contribution >= 0.6 is 0 Å². The molecule has 3 heterocycles. The molecule has 188 valence electrons. The number of anilines is 2. The number of amides is 1. The standard InChI is InChI=1S/C28H31N3O5/c1-17-12-20(18(2)30-22-7-4-3-6-19(22)27(34)35)26-21(13-17)23(32)14-25(36-26)31-11-5-8-28(16-31)9-10-29-24(33)15-28/h3-4,6-7,12-14,18,30H,5,8-11,15-16H2,1-2H3,(H,29,33)(H,34,35)/t18?,28-/m0/s1. The van der Waals surface area contributed by atoms with Crippen LogP contribution in [-0.2, 0) is 4.79 Å². The van der Waals surface area contributed by atoms with E-state index >= 15 is 0 Å². The molecule has 2 aliphatic rings. The summed E-state index contributed by atoms with van der Waals surface area (Å²) in [7, 11) is 0. The zero-order chi connectivity index (χ0) is 25.4. The summed E-state index contributed by atoms with van der Waals surface area (Å²) in [4.78, 5) is 39.2. The van der Waals surface area contributed by atoms with Crippen LogP contribution in [0.5, 0.6) is 0 Å². The second-order valence-corrected chi connectivity index (χ2v) is 10.2. The van der Waals surface area contributed by atoms with Crippen LogP contribution in [0.25, 0.3) is 11.0 Å². The predicted octanol–water partition coefficient (Wildman–Crippen LogP) is 4.47. The Bertz CT molecular complexity index is 1390. The Balaban J connectivity index is 1.53. The van der Waals surface area contributed by atoms with E-state index in [-0.39, 0.29) is 28.4 Å². The maximum Gasteiger partial charge on any atom is 0.337 e. The summed E-state index contributed by atoms with van der Waals surface area (Å²) in [6, 6.07) is 11.8. The van der Waals surface area contributed by atoms with Crippen LogP contribution in [0.4, 0.5) is 11.6 Å². The molecule has 1 aromatic heterocycles. The highest BCUT2D eigenvalue weighted by atomic mass is 16.4. The van der Waals surface area contributed by atoms with Gasteiger partial charge in [0.25, 0.3) is 0 Å². The van der Waals surface area contributed by atoms with E-state index in [0.29, 0.717) is 42.1 Å². The van der Waals surface area contributed by atoms with Crippen molar-refractivity contribution in [3.63, 3.8) is 0 Å². The molecule has 1 amide bonds. The number of carbonyl (C=O) groups is 2. The van der Waals surface area contributed by atoms with Gasteiger partial charge in [0.05, 0.1) is 17.0 Å². The number of rotatable bonds is 5. The summed E-state index contributed by atoms with van der Waals surface area (Å²) < 4.78 is 6.43. The van der Waals surface area contributed by atoms with Crippen LogP contribution in [0.3, 0.4) is 0 Å². The van der Waals surface area contributed by atoms with Gasteiger partial charge >= 0.3 is 5.97 Å². The maximum absolute atomic E-state index is 13.2. The van der Waals surface area contributed by atoms with Crippen LogP contribution in [0.1, 0.15) is 60.1 Å². The Hall–Kier alpha value is -3.81. The quantitative estimate of drug-likeness (QED) is 0.485. The maximum atomic E-state index is 13.2. The Labute approximate surface area is 209 Å². The van der Waals surface area contributed by atoms with Gasteiger partial charge in [-0.05, 0) is 62.3 Å². The third kappa shape index (κ3) is 4.55. The van der Waals surface area contributed by atoms with Gasteiger partial charge in [-0.1, -0.05) is 18.2 Å². The number of piperidine rings is 2. The molecule has 2 saturated heterocycles. The Morgan fingerprint density at radius 2 is 2.00 bits per heavy atom. The number of fused-ring (bicyclic) bond motifs is 1. The lowest BCUT2D eigenvalue weighted by molar-refractivity contribution is -0.126. The van der Waals surface area contributed by atoms with Crippen LogP contribution in [0.2, 0.25) is 0 Å². The van der Waals surface area contributed by atoms with Gasteiger partial charge in [0.15, 0.2) is 11.3 Å². The molecule has 0 aliphatic carbocycles. The van der Waals surface area contributed by atoms with Crippen molar-refractivity contribution in [3.8, 4) is 0 Å². The molecular formula is C28H31N3O5.